The maximum Gasteiger partial charge on any atom is 0.162 e. The second-order valence-corrected chi connectivity index (χ2v) is 2.41. The van der Waals surface area contributed by atoms with Gasteiger partial charge in [0.05, 0.1) is 11.8 Å². The van der Waals surface area contributed by atoms with Gasteiger partial charge in [0.2, 0.25) is 0 Å². The zero-order valence-electron chi connectivity index (χ0n) is 7.16. The summed E-state index contributed by atoms with van der Waals surface area (Å²) in [6, 6.07) is 0. The van der Waals surface area contributed by atoms with Gasteiger partial charge in [-0.2, -0.15) is 5.10 Å². The Morgan fingerprint density at radius 2 is 2.50 bits per heavy atom. The first-order valence-electron chi connectivity index (χ1n) is 3.67. The van der Waals surface area contributed by atoms with Gasteiger partial charge in [0, 0.05) is 6.20 Å². The number of carbonyl (C=O) groups excluding carboxylic acids is 1. The molecule has 0 spiro atoms. The molecule has 3 heteroatoms. The molecule has 0 N–H and O–H groups in total. The molecule has 0 radical (unpaired) electrons. The third-order valence-corrected chi connectivity index (χ3v) is 1.46. The molecule has 0 fully saturated rings. The van der Waals surface area contributed by atoms with Gasteiger partial charge in [-0.25, -0.2) is 0 Å². The van der Waals surface area contributed by atoms with E-state index in [2.05, 4.69) is 16.9 Å². The maximum atomic E-state index is 10.8. The molecule has 0 aliphatic carbocycles. The normalized spacial score (nSPS) is 8.83. The first-order valence-corrected chi connectivity index (χ1v) is 3.67. The van der Waals surface area contributed by atoms with Crippen molar-refractivity contribution in [3.05, 3.63) is 18.0 Å². The van der Waals surface area contributed by atoms with Crippen LogP contribution in [0.4, 0.5) is 0 Å². The quantitative estimate of drug-likeness (QED) is 0.482. The van der Waals surface area contributed by atoms with Crippen LogP contribution < -0.4 is 0 Å². The Morgan fingerprint density at radius 1 is 1.75 bits per heavy atom. The lowest BCUT2D eigenvalue weighted by atomic mass is 10.3. The van der Waals surface area contributed by atoms with Gasteiger partial charge in [-0.05, 0) is 13.8 Å². The van der Waals surface area contributed by atoms with Crippen LogP contribution in [-0.2, 0) is 6.54 Å². The van der Waals surface area contributed by atoms with E-state index >= 15 is 0 Å². The molecule has 1 aromatic heterocycles. The predicted molar refractivity (Wildman–Crippen MR) is 45.7 cm³/mol. The molecule has 0 aliphatic rings. The zero-order valence-corrected chi connectivity index (χ0v) is 7.16. The van der Waals surface area contributed by atoms with Crippen molar-refractivity contribution in [2.24, 2.45) is 0 Å². The van der Waals surface area contributed by atoms with Crippen molar-refractivity contribution in [3.63, 3.8) is 0 Å². The Hall–Kier alpha value is -1.56. The van der Waals surface area contributed by atoms with E-state index in [1.807, 2.05) is 0 Å². The average Bonchev–Trinajstić information content (AvgIpc) is 2.48. The molecule has 1 rings (SSSR count). The molecular weight excluding hydrogens is 152 g/mol. The summed E-state index contributed by atoms with van der Waals surface area (Å²) < 4.78 is 1.65. The number of ketones is 1. The van der Waals surface area contributed by atoms with E-state index in [0.29, 0.717) is 12.1 Å². The van der Waals surface area contributed by atoms with Crippen molar-refractivity contribution in [2.75, 3.05) is 0 Å². The zero-order chi connectivity index (χ0) is 8.97. The standard InChI is InChI=1S/C9H10N2O/c1-3-4-5-11-7-9(6-10-11)8(2)12/h6-7H,5H2,1-2H3. The molecular formula is C9H10N2O. The summed E-state index contributed by atoms with van der Waals surface area (Å²) in [6.07, 6.45) is 3.26. The van der Waals surface area contributed by atoms with E-state index < -0.39 is 0 Å². The molecule has 0 bridgehead atoms. The number of aromatic nitrogens is 2. The van der Waals surface area contributed by atoms with E-state index in [9.17, 15) is 4.79 Å². The minimum absolute atomic E-state index is 0.0331. The van der Waals surface area contributed by atoms with E-state index in [1.165, 1.54) is 6.92 Å². The third kappa shape index (κ3) is 1.96. The fourth-order valence-corrected chi connectivity index (χ4v) is 0.792. The summed E-state index contributed by atoms with van der Waals surface area (Å²) >= 11 is 0. The highest BCUT2D eigenvalue weighted by molar-refractivity contribution is 5.93. The highest BCUT2D eigenvalue weighted by Crippen LogP contribution is 1.97. The Balaban J connectivity index is 2.75. The molecule has 0 aliphatic heterocycles. The SMILES string of the molecule is CC#CCn1cc(C(C)=O)cn1. The largest absolute Gasteiger partial charge is 0.294 e. The lowest BCUT2D eigenvalue weighted by molar-refractivity contribution is 0.101. The van der Waals surface area contributed by atoms with Gasteiger partial charge < -0.3 is 0 Å². The van der Waals surface area contributed by atoms with Crippen molar-refractivity contribution in [1.82, 2.24) is 9.78 Å². The second kappa shape index (κ2) is 3.72. The van der Waals surface area contributed by atoms with Crippen molar-refractivity contribution in [2.45, 2.75) is 20.4 Å². The van der Waals surface area contributed by atoms with Gasteiger partial charge in [0.15, 0.2) is 5.78 Å². The number of hydrogen-bond donors (Lipinski definition) is 0. The van der Waals surface area contributed by atoms with Crippen LogP contribution in [0.5, 0.6) is 0 Å². The van der Waals surface area contributed by atoms with Crippen LogP contribution in [0.1, 0.15) is 24.2 Å². The van der Waals surface area contributed by atoms with Crippen molar-refractivity contribution < 1.29 is 4.79 Å². The van der Waals surface area contributed by atoms with Crippen molar-refractivity contribution in [1.29, 1.82) is 0 Å². The van der Waals surface area contributed by atoms with Gasteiger partial charge >= 0.3 is 0 Å². The Bertz CT molecular complexity index is 341. The highest BCUT2D eigenvalue weighted by Gasteiger charge is 2.00. The number of nitrogens with zero attached hydrogens (tertiary/aromatic N) is 2. The van der Waals surface area contributed by atoms with Crippen LogP contribution in [0.3, 0.4) is 0 Å². The van der Waals surface area contributed by atoms with Crippen molar-refractivity contribution >= 4 is 5.78 Å². The minimum atomic E-state index is 0.0331. The number of rotatable bonds is 2. The van der Waals surface area contributed by atoms with Crippen molar-refractivity contribution in [3.8, 4) is 11.8 Å². The molecule has 0 amide bonds. The first-order chi connectivity index (χ1) is 5.74. The second-order valence-electron chi connectivity index (χ2n) is 2.41. The fourth-order valence-electron chi connectivity index (χ4n) is 0.792. The predicted octanol–water partition coefficient (Wildman–Crippen LogP) is 1.11. The van der Waals surface area contributed by atoms with E-state index in [0.717, 1.165) is 0 Å². The van der Waals surface area contributed by atoms with Crippen LogP contribution in [-0.4, -0.2) is 15.6 Å². The van der Waals surface area contributed by atoms with Gasteiger partial charge in [0.1, 0.15) is 6.54 Å². The van der Waals surface area contributed by atoms with Crippen LogP contribution in [0.15, 0.2) is 12.4 Å². The maximum absolute atomic E-state index is 10.8. The Morgan fingerprint density at radius 3 is 3.00 bits per heavy atom. The molecule has 3 nitrogen and oxygen atoms in total. The summed E-state index contributed by atoms with van der Waals surface area (Å²) in [7, 11) is 0. The molecule has 1 aromatic rings. The lowest BCUT2D eigenvalue weighted by Gasteiger charge is -1.89. The molecule has 0 atom stereocenters. The van der Waals surface area contributed by atoms with Crippen LogP contribution >= 0.6 is 0 Å². The first kappa shape index (κ1) is 8.54. The van der Waals surface area contributed by atoms with Gasteiger partial charge in [-0.15, -0.1) is 5.92 Å². The fraction of sp³-hybridized carbons (Fsp3) is 0.333. The van der Waals surface area contributed by atoms with E-state index in [-0.39, 0.29) is 5.78 Å². The van der Waals surface area contributed by atoms with Gasteiger partial charge in [0.25, 0.3) is 0 Å². The summed E-state index contributed by atoms with van der Waals surface area (Å²) in [5.74, 6) is 5.65. The molecule has 12 heavy (non-hydrogen) atoms. The topological polar surface area (TPSA) is 34.9 Å². The highest BCUT2D eigenvalue weighted by atomic mass is 16.1. The smallest absolute Gasteiger partial charge is 0.162 e. The monoisotopic (exact) mass is 162 g/mol. The number of Topliss-reactive ketones (excluding diaryl/α,β-unsaturated/α-hetero) is 1. The van der Waals surface area contributed by atoms with Gasteiger partial charge in [-0.3, -0.25) is 9.48 Å². The van der Waals surface area contributed by atoms with E-state index in [1.54, 1.807) is 24.0 Å². The number of carbonyl (C=O) groups is 1. The third-order valence-electron chi connectivity index (χ3n) is 1.46. The van der Waals surface area contributed by atoms with Gasteiger partial charge in [-0.1, -0.05) is 5.92 Å². The van der Waals surface area contributed by atoms with Crippen LogP contribution in [0.2, 0.25) is 0 Å². The van der Waals surface area contributed by atoms with Crippen LogP contribution in [0.25, 0.3) is 0 Å². The summed E-state index contributed by atoms with van der Waals surface area (Å²) in [6.45, 7) is 3.84. The molecule has 1 heterocycles. The summed E-state index contributed by atoms with van der Waals surface area (Å²) in [5, 5.41) is 3.97. The Labute approximate surface area is 71.4 Å². The lowest BCUT2D eigenvalue weighted by Crippen LogP contribution is -1.95. The molecule has 0 unspecified atom stereocenters. The number of hydrogen-bond acceptors (Lipinski definition) is 2. The molecule has 0 saturated carbocycles. The molecule has 0 saturated heterocycles. The summed E-state index contributed by atoms with van der Waals surface area (Å²) in [4.78, 5) is 10.8. The van der Waals surface area contributed by atoms with Crippen LogP contribution in [0, 0.1) is 11.8 Å². The van der Waals surface area contributed by atoms with E-state index in [4.69, 9.17) is 0 Å². The molecule has 62 valence electrons. The average molecular weight is 162 g/mol. The summed E-state index contributed by atoms with van der Waals surface area (Å²) in [5.41, 5.74) is 0.632. The minimum Gasteiger partial charge on any atom is -0.294 e. The molecule has 0 aromatic carbocycles. The Kier molecular flexibility index (Phi) is 2.65.